The number of sulfonamides is 1. The maximum atomic E-state index is 12.0. The van der Waals surface area contributed by atoms with E-state index >= 15 is 0 Å². The highest BCUT2D eigenvalue weighted by Gasteiger charge is 2.31. The molecule has 21 heavy (non-hydrogen) atoms. The number of aromatic nitrogens is 2. The van der Waals surface area contributed by atoms with Crippen molar-refractivity contribution in [3.05, 3.63) is 29.4 Å². The van der Waals surface area contributed by atoms with Crippen molar-refractivity contribution < 1.29 is 18.3 Å². The Morgan fingerprint density at radius 2 is 1.90 bits per heavy atom. The number of nitrogens with one attached hydrogen (secondary N) is 1. The lowest BCUT2D eigenvalue weighted by Crippen LogP contribution is -2.34. The molecule has 1 atom stereocenters. The molecule has 0 aliphatic rings. The van der Waals surface area contributed by atoms with E-state index in [9.17, 15) is 13.2 Å². The molecule has 112 valence electrons. The number of benzene rings is 1. The first kappa shape index (κ1) is 15.5. The maximum Gasteiger partial charge on any atom is 0.323 e. The third-order valence-electron chi connectivity index (χ3n) is 2.79. The van der Waals surface area contributed by atoms with Crippen molar-refractivity contribution in [2.75, 3.05) is 4.72 Å². The summed E-state index contributed by atoms with van der Waals surface area (Å²) in [7, 11) is -4.15. The fourth-order valence-corrected chi connectivity index (χ4v) is 3.27. The smallest absolute Gasteiger partial charge is 0.323 e. The van der Waals surface area contributed by atoms with Gasteiger partial charge in [0.05, 0.1) is 11.0 Å². The first-order valence-corrected chi connectivity index (χ1v) is 7.94. The van der Waals surface area contributed by atoms with Gasteiger partial charge in [-0.3, -0.25) is 9.52 Å². The van der Waals surface area contributed by atoms with Crippen LogP contribution in [-0.2, 0) is 14.8 Å². The zero-order valence-corrected chi connectivity index (χ0v) is 12.5. The van der Waals surface area contributed by atoms with Crippen LogP contribution in [0.15, 0.2) is 24.3 Å². The molecule has 0 bridgehead atoms. The number of carbonyl (C=O) groups is 1. The van der Waals surface area contributed by atoms with E-state index in [4.69, 9.17) is 16.7 Å². The van der Waals surface area contributed by atoms with Gasteiger partial charge in [0.15, 0.2) is 16.2 Å². The van der Waals surface area contributed by atoms with E-state index in [-0.39, 0.29) is 17.4 Å². The van der Waals surface area contributed by atoms with E-state index in [0.717, 1.165) is 0 Å². The third-order valence-corrected chi connectivity index (χ3v) is 4.81. The van der Waals surface area contributed by atoms with Crippen molar-refractivity contribution in [1.29, 1.82) is 0 Å². The van der Waals surface area contributed by atoms with Crippen molar-refractivity contribution >= 4 is 44.4 Å². The molecule has 0 saturated carbocycles. The van der Waals surface area contributed by atoms with Gasteiger partial charge in [-0.25, -0.2) is 18.4 Å². The molecule has 0 aliphatic heterocycles. The Morgan fingerprint density at radius 3 is 2.43 bits per heavy atom. The number of hydrogen-bond acceptors (Lipinski definition) is 5. The summed E-state index contributed by atoms with van der Waals surface area (Å²) in [4.78, 5) is 19.1. The number of fused-ring (bicyclic) bond motifs is 1. The maximum absolute atomic E-state index is 12.0. The fraction of sp³-hybridized carbons (Fsp3) is 0.250. The largest absolute Gasteiger partial charge is 0.480 e. The van der Waals surface area contributed by atoms with Gasteiger partial charge in [-0.2, -0.15) is 0 Å². The van der Waals surface area contributed by atoms with Crippen molar-refractivity contribution in [3.63, 3.8) is 0 Å². The molecule has 1 unspecified atom stereocenters. The minimum atomic E-state index is -4.15. The number of carboxylic acid groups (broad SMARTS) is 1. The van der Waals surface area contributed by atoms with E-state index in [1.807, 2.05) is 0 Å². The van der Waals surface area contributed by atoms with E-state index < -0.39 is 21.2 Å². The summed E-state index contributed by atoms with van der Waals surface area (Å²) in [6.07, 6.45) is -0.0801. The van der Waals surface area contributed by atoms with Crippen LogP contribution in [0.2, 0.25) is 5.15 Å². The van der Waals surface area contributed by atoms with Gasteiger partial charge in [-0.1, -0.05) is 30.7 Å². The minimum Gasteiger partial charge on any atom is -0.480 e. The average molecular weight is 330 g/mol. The molecule has 2 N–H and O–H groups in total. The highest BCUT2D eigenvalue weighted by molar-refractivity contribution is 7.94. The Hall–Kier alpha value is -1.93. The second-order valence-corrected chi connectivity index (χ2v) is 6.46. The highest BCUT2D eigenvalue weighted by atomic mass is 35.5. The Bertz CT molecular complexity index is 794. The normalized spacial score (nSPS) is 13.0. The number of anilines is 1. The molecule has 1 aromatic heterocycles. The number of para-hydroxylation sites is 2. The number of halogens is 1. The third kappa shape index (κ3) is 3.22. The van der Waals surface area contributed by atoms with Gasteiger partial charge in [0.1, 0.15) is 0 Å². The molecular weight excluding hydrogens is 318 g/mol. The lowest BCUT2D eigenvalue weighted by Gasteiger charge is -2.13. The summed E-state index contributed by atoms with van der Waals surface area (Å²) in [5, 5.41) is 7.22. The SMILES string of the molecule is CCC(C(=O)O)S(=O)(=O)Nc1nc2ccccc2nc1Cl. The lowest BCUT2D eigenvalue weighted by atomic mass is 10.3. The molecule has 0 radical (unpaired) electrons. The second kappa shape index (κ2) is 5.82. The van der Waals surface area contributed by atoms with Crippen LogP contribution in [0.3, 0.4) is 0 Å². The zero-order chi connectivity index (χ0) is 15.6. The fourth-order valence-electron chi connectivity index (χ4n) is 1.78. The van der Waals surface area contributed by atoms with Crippen LogP contribution >= 0.6 is 11.6 Å². The summed E-state index contributed by atoms with van der Waals surface area (Å²) in [5.41, 5.74) is 0.957. The van der Waals surface area contributed by atoms with E-state index in [1.54, 1.807) is 24.3 Å². The van der Waals surface area contributed by atoms with Crippen LogP contribution in [0.5, 0.6) is 0 Å². The van der Waals surface area contributed by atoms with Crippen LogP contribution in [0.1, 0.15) is 13.3 Å². The molecule has 0 spiro atoms. The van der Waals surface area contributed by atoms with Crippen LogP contribution in [0.25, 0.3) is 11.0 Å². The summed E-state index contributed by atoms with van der Waals surface area (Å²) >= 11 is 5.89. The monoisotopic (exact) mass is 329 g/mol. The van der Waals surface area contributed by atoms with Gasteiger partial charge in [-0.15, -0.1) is 0 Å². The van der Waals surface area contributed by atoms with Gasteiger partial charge < -0.3 is 5.11 Å². The summed E-state index contributed by atoms with van der Waals surface area (Å²) < 4.78 is 26.2. The van der Waals surface area contributed by atoms with Gasteiger partial charge in [0, 0.05) is 0 Å². The summed E-state index contributed by atoms with van der Waals surface area (Å²) in [5.74, 6) is -1.62. The van der Waals surface area contributed by atoms with Crippen molar-refractivity contribution in [2.24, 2.45) is 0 Å². The summed E-state index contributed by atoms with van der Waals surface area (Å²) in [6, 6.07) is 6.79. The van der Waals surface area contributed by atoms with Crippen LogP contribution < -0.4 is 4.72 Å². The highest BCUT2D eigenvalue weighted by Crippen LogP contribution is 2.23. The molecule has 2 rings (SSSR count). The van der Waals surface area contributed by atoms with E-state index in [2.05, 4.69) is 14.7 Å². The number of hydrogen-bond donors (Lipinski definition) is 2. The molecule has 1 heterocycles. The van der Waals surface area contributed by atoms with Crippen molar-refractivity contribution in [1.82, 2.24) is 9.97 Å². The van der Waals surface area contributed by atoms with Crippen molar-refractivity contribution in [2.45, 2.75) is 18.6 Å². The standard InChI is InChI=1S/C12H12ClN3O4S/c1-2-9(12(17)18)21(19,20)16-11-10(13)14-7-5-3-4-6-8(7)15-11/h3-6,9H,2H2,1H3,(H,15,16)(H,17,18). The molecule has 0 amide bonds. The number of rotatable bonds is 5. The summed E-state index contributed by atoms with van der Waals surface area (Å²) in [6.45, 7) is 1.46. The molecule has 2 aromatic rings. The molecule has 0 fully saturated rings. The molecule has 9 heteroatoms. The lowest BCUT2D eigenvalue weighted by molar-refractivity contribution is -0.136. The van der Waals surface area contributed by atoms with E-state index in [1.165, 1.54) is 6.92 Å². The molecule has 1 aromatic carbocycles. The predicted octanol–water partition coefficient (Wildman–Crippen LogP) is 1.89. The Labute approximate surface area is 126 Å². The number of carboxylic acids is 1. The molecule has 0 saturated heterocycles. The molecule has 7 nitrogen and oxygen atoms in total. The van der Waals surface area contributed by atoms with Gasteiger partial charge in [0.2, 0.25) is 10.0 Å². The first-order chi connectivity index (χ1) is 9.85. The minimum absolute atomic E-state index is 0.0801. The first-order valence-electron chi connectivity index (χ1n) is 6.02. The molecule has 0 aliphatic carbocycles. The Morgan fingerprint density at radius 1 is 1.33 bits per heavy atom. The van der Waals surface area contributed by atoms with Gasteiger partial charge in [0.25, 0.3) is 0 Å². The second-order valence-electron chi connectivity index (χ2n) is 4.23. The topological polar surface area (TPSA) is 109 Å². The number of aliphatic carboxylic acids is 1. The van der Waals surface area contributed by atoms with Crippen LogP contribution in [0, 0.1) is 0 Å². The van der Waals surface area contributed by atoms with Gasteiger partial charge >= 0.3 is 5.97 Å². The average Bonchev–Trinajstić information content (AvgIpc) is 2.39. The zero-order valence-electron chi connectivity index (χ0n) is 10.9. The van der Waals surface area contributed by atoms with Crippen molar-refractivity contribution in [3.8, 4) is 0 Å². The molecular formula is C12H12ClN3O4S. The van der Waals surface area contributed by atoms with Gasteiger partial charge in [-0.05, 0) is 18.6 Å². The Balaban J connectivity index is 2.43. The number of nitrogens with zero attached hydrogens (tertiary/aromatic N) is 2. The van der Waals surface area contributed by atoms with E-state index in [0.29, 0.717) is 11.0 Å². The van der Waals surface area contributed by atoms with Crippen LogP contribution in [0.4, 0.5) is 5.82 Å². The van der Waals surface area contributed by atoms with Crippen LogP contribution in [-0.4, -0.2) is 34.7 Å². The Kier molecular flexibility index (Phi) is 4.29. The quantitative estimate of drug-likeness (QED) is 0.866. The predicted molar refractivity (Wildman–Crippen MR) is 78.8 cm³/mol.